The first-order valence-electron chi connectivity index (χ1n) is 19.0. The fraction of sp³-hybridized carbons (Fsp3) is 0. The van der Waals surface area contributed by atoms with Crippen LogP contribution in [0, 0.1) is 0 Å². The summed E-state index contributed by atoms with van der Waals surface area (Å²) in [6.45, 7) is 0. The van der Waals surface area contributed by atoms with Gasteiger partial charge in [-0.05, 0) is 62.0 Å². The number of aromatic nitrogens is 4. The van der Waals surface area contributed by atoms with Gasteiger partial charge < -0.3 is 4.42 Å². The van der Waals surface area contributed by atoms with E-state index in [1.165, 1.54) is 0 Å². The number of hydrogen-bond donors (Lipinski definition) is 0. The topological polar surface area (TPSA) is 64.7 Å². The van der Waals surface area contributed by atoms with Crippen LogP contribution in [-0.2, 0) is 0 Å². The molecule has 0 aliphatic carbocycles. The second-order valence-corrected chi connectivity index (χ2v) is 14.2. The summed E-state index contributed by atoms with van der Waals surface area (Å²) in [6, 6.07) is 67.0. The predicted molar refractivity (Wildman–Crippen MR) is 233 cm³/mol. The van der Waals surface area contributed by atoms with Gasteiger partial charge in [-0.2, -0.15) is 0 Å². The van der Waals surface area contributed by atoms with Gasteiger partial charge in [0.15, 0.2) is 23.1 Å². The molecule has 0 bridgehead atoms. The Morgan fingerprint density at radius 1 is 0.298 bits per heavy atom. The number of rotatable bonds is 6. The zero-order valence-corrected chi connectivity index (χ0v) is 30.7. The van der Waals surface area contributed by atoms with Crippen molar-refractivity contribution in [3.63, 3.8) is 0 Å². The summed E-state index contributed by atoms with van der Waals surface area (Å²) in [6.07, 6.45) is 0. The van der Waals surface area contributed by atoms with Gasteiger partial charge in [-0.1, -0.05) is 176 Å². The summed E-state index contributed by atoms with van der Waals surface area (Å²) in [4.78, 5) is 20.4. The summed E-state index contributed by atoms with van der Waals surface area (Å²) in [7, 11) is 0. The molecule has 57 heavy (non-hydrogen) atoms. The minimum atomic E-state index is 0.606. The molecule has 2 aromatic heterocycles. The Balaban J connectivity index is 1.10. The molecule has 0 atom stereocenters. The molecular weight excluding hydrogens is 697 g/mol. The summed E-state index contributed by atoms with van der Waals surface area (Å²) >= 11 is 0. The molecule has 0 radical (unpaired) electrons. The highest BCUT2D eigenvalue weighted by atomic mass is 16.3. The highest BCUT2D eigenvalue weighted by Gasteiger charge is 2.19. The van der Waals surface area contributed by atoms with E-state index < -0.39 is 0 Å². The molecule has 0 fully saturated rings. The van der Waals surface area contributed by atoms with E-state index in [0.717, 1.165) is 87.9 Å². The van der Waals surface area contributed by atoms with E-state index in [0.29, 0.717) is 23.4 Å². The van der Waals surface area contributed by atoms with Gasteiger partial charge in [0, 0.05) is 33.0 Å². The quantitative estimate of drug-likeness (QED) is 0.160. The van der Waals surface area contributed by atoms with E-state index in [9.17, 15) is 0 Å². The average molecular weight is 729 g/mol. The van der Waals surface area contributed by atoms with Crippen LogP contribution in [0.3, 0.4) is 0 Å². The Morgan fingerprint density at radius 2 is 0.772 bits per heavy atom. The van der Waals surface area contributed by atoms with Crippen molar-refractivity contribution in [2.75, 3.05) is 0 Å². The highest BCUT2D eigenvalue weighted by molar-refractivity contribution is 6.27. The van der Waals surface area contributed by atoms with Gasteiger partial charge in [0.05, 0.1) is 0 Å². The van der Waals surface area contributed by atoms with Gasteiger partial charge in [-0.25, -0.2) is 19.9 Å². The molecule has 266 valence electrons. The minimum absolute atomic E-state index is 0.606. The molecule has 11 aromatic rings. The second-order valence-electron chi connectivity index (χ2n) is 14.2. The normalized spacial score (nSPS) is 11.5. The Labute approximate surface area is 328 Å². The number of nitrogens with zero attached hydrogens (tertiary/aromatic N) is 4. The van der Waals surface area contributed by atoms with E-state index in [1.807, 2.05) is 48.5 Å². The zero-order chi connectivity index (χ0) is 37.7. The van der Waals surface area contributed by atoms with Crippen LogP contribution in [0.4, 0.5) is 0 Å². The highest BCUT2D eigenvalue weighted by Crippen LogP contribution is 2.40. The third-order valence-electron chi connectivity index (χ3n) is 10.8. The summed E-state index contributed by atoms with van der Waals surface area (Å²) in [5.41, 5.74) is 9.89. The van der Waals surface area contributed by atoms with E-state index >= 15 is 0 Å². The smallest absolute Gasteiger partial charge is 0.227 e. The van der Waals surface area contributed by atoms with E-state index in [-0.39, 0.29) is 0 Å². The Hall–Kier alpha value is -7.76. The zero-order valence-electron chi connectivity index (χ0n) is 30.7. The molecule has 11 rings (SSSR count). The lowest BCUT2D eigenvalue weighted by Crippen LogP contribution is -2.00. The predicted octanol–water partition coefficient (Wildman–Crippen LogP) is 13.5. The molecule has 5 heteroatoms. The van der Waals surface area contributed by atoms with Crippen LogP contribution in [0.15, 0.2) is 199 Å². The fourth-order valence-corrected chi connectivity index (χ4v) is 7.91. The summed E-state index contributed by atoms with van der Waals surface area (Å²) in [5, 5.41) is 6.48. The Morgan fingerprint density at radius 3 is 1.37 bits per heavy atom. The number of hydrogen-bond acceptors (Lipinski definition) is 5. The van der Waals surface area contributed by atoms with Crippen molar-refractivity contribution in [2.45, 2.75) is 0 Å². The number of benzene rings is 9. The van der Waals surface area contributed by atoms with Gasteiger partial charge >= 0.3 is 0 Å². The number of oxazole rings is 1. The molecule has 2 heterocycles. The van der Waals surface area contributed by atoms with Crippen LogP contribution in [0.2, 0.25) is 0 Å². The lowest BCUT2D eigenvalue weighted by atomic mass is 9.93. The van der Waals surface area contributed by atoms with Crippen molar-refractivity contribution in [3.8, 4) is 67.9 Å². The second kappa shape index (κ2) is 13.5. The molecule has 5 nitrogen and oxygen atoms in total. The molecule has 0 aliphatic heterocycles. The molecular formula is C52H32N4O. The molecule has 0 aliphatic rings. The summed E-state index contributed by atoms with van der Waals surface area (Å²) < 4.78 is 6.60. The molecule has 0 amide bonds. The molecule has 9 aromatic carbocycles. The Bertz CT molecular complexity index is 3150. The minimum Gasteiger partial charge on any atom is -0.435 e. The maximum atomic E-state index is 6.60. The molecule has 0 saturated carbocycles. The van der Waals surface area contributed by atoms with Gasteiger partial charge in [-0.15, -0.1) is 0 Å². The van der Waals surface area contributed by atoms with E-state index in [4.69, 9.17) is 24.4 Å². The number of fused-ring (bicyclic) bond motifs is 7. The third kappa shape index (κ3) is 5.81. The lowest BCUT2D eigenvalue weighted by Gasteiger charge is -2.13. The molecule has 0 unspecified atom stereocenters. The maximum Gasteiger partial charge on any atom is 0.227 e. The first-order valence-corrected chi connectivity index (χ1v) is 19.0. The van der Waals surface area contributed by atoms with E-state index in [1.54, 1.807) is 0 Å². The van der Waals surface area contributed by atoms with Crippen molar-refractivity contribution in [1.82, 2.24) is 19.9 Å². The first-order chi connectivity index (χ1) is 28.2. The van der Waals surface area contributed by atoms with Crippen molar-refractivity contribution >= 4 is 43.4 Å². The largest absolute Gasteiger partial charge is 0.435 e. The first kappa shape index (κ1) is 32.7. The third-order valence-corrected chi connectivity index (χ3v) is 10.8. The van der Waals surface area contributed by atoms with Gasteiger partial charge in [0.25, 0.3) is 0 Å². The molecule has 0 saturated heterocycles. The van der Waals surface area contributed by atoms with Gasteiger partial charge in [0.2, 0.25) is 5.89 Å². The lowest BCUT2D eigenvalue weighted by molar-refractivity contribution is 0.623. The SMILES string of the molecule is c1ccc(-c2ccc(-c3nc(-c4ccc(-c5ccccc5)cc4)nc(-c4cccc5c4ccc4ccc6ccc7nc(-c8ccccc8)oc7c6c45)n3)cc2)cc1. The fourth-order valence-electron chi connectivity index (χ4n) is 7.91. The van der Waals surface area contributed by atoms with Crippen molar-refractivity contribution < 1.29 is 4.42 Å². The maximum absolute atomic E-state index is 6.60. The van der Waals surface area contributed by atoms with Crippen molar-refractivity contribution in [3.05, 3.63) is 194 Å². The van der Waals surface area contributed by atoms with Crippen molar-refractivity contribution in [1.29, 1.82) is 0 Å². The van der Waals surface area contributed by atoms with Crippen LogP contribution in [0.5, 0.6) is 0 Å². The molecule has 0 N–H and O–H groups in total. The monoisotopic (exact) mass is 728 g/mol. The summed E-state index contributed by atoms with van der Waals surface area (Å²) in [5.74, 6) is 2.44. The van der Waals surface area contributed by atoms with Crippen LogP contribution in [-0.4, -0.2) is 19.9 Å². The van der Waals surface area contributed by atoms with Gasteiger partial charge in [-0.3, -0.25) is 0 Å². The van der Waals surface area contributed by atoms with Gasteiger partial charge in [0.1, 0.15) is 5.52 Å². The standard InChI is InChI=1S/C52H32N4O/c1-4-11-33(12-5-1)35-19-25-39(26-20-35)49-54-50(40-27-21-36(22-28-40)34-13-6-2-7-14-34)56-51(55-49)44-18-10-17-43-42(44)31-29-37-23-24-38-30-32-45-48(47(38)46(37)43)57-52(53-45)41-15-8-3-9-16-41/h1-32H. The van der Waals surface area contributed by atoms with Crippen LogP contribution < -0.4 is 0 Å². The van der Waals surface area contributed by atoms with Crippen LogP contribution >= 0.6 is 0 Å². The Kier molecular flexibility index (Phi) is 7.74. The van der Waals surface area contributed by atoms with Crippen molar-refractivity contribution in [2.24, 2.45) is 0 Å². The molecule has 0 spiro atoms. The van der Waals surface area contributed by atoms with Crippen LogP contribution in [0.25, 0.3) is 111 Å². The van der Waals surface area contributed by atoms with E-state index in [2.05, 4.69) is 146 Å². The van der Waals surface area contributed by atoms with Crippen LogP contribution in [0.1, 0.15) is 0 Å². The average Bonchev–Trinajstić information content (AvgIpc) is 3.74.